The van der Waals surface area contributed by atoms with Crippen molar-refractivity contribution in [2.75, 3.05) is 63.1 Å². The summed E-state index contributed by atoms with van der Waals surface area (Å²) < 4.78 is 0. The van der Waals surface area contributed by atoms with Gasteiger partial charge in [-0.3, -0.25) is 15.0 Å². The number of hydrogen-bond acceptors (Lipinski definition) is 8. The minimum absolute atomic E-state index is 0.0774. The third kappa shape index (κ3) is 5.17. The Balaban J connectivity index is 1.48. The van der Waals surface area contributed by atoms with Gasteiger partial charge in [0.2, 0.25) is 11.9 Å². The van der Waals surface area contributed by atoms with Crippen LogP contribution >= 0.6 is 11.3 Å². The first-order chi connectivity index (χ1) is 15.1. The number of carbonyl (C=O) groups is 1. The van der Waals surface area contributed by atoms with Gasteiger partial charge in [-0.1, -0.05) is 23.5 Å². The highest BCUT2D eigenvalue weighted by Crippen LogP contribution is 2.32. The molecule has 3 heterocycles. The number of aromatic nitrogens is 3. The maximum Gasteiger partial charge on any atom is 0.240 e. The summed E-state index contributed by atoms with van der Waals surface area (Å²) in [7, 11) is 2.10. The molecule has 1 fully saturated rings. The molecule has 0 radical (unpaired) electrons. The van der Waals surface area contributed by atoms with Crippen LogP contribution in [0.5, 0.6) is 0 Å². The first kappa shape index (κ1) is 21.6. The molecule has 31 heavy (non-hydrogen) atoms. The summed E-state index contributed by atoms with van der Waals surface area (Å²) in [5, 5.41) is 4.82. The average molecular weight is 440 g/mol. The fourth-order valence-electron chi connectivity index (χ4n) is 3.65. The van der Waals surface area contributed by atoms with E-state index in [0.717, 1.165) is 65.7 Å². The lowest BCUT2D eigenvalue weighted by atomic mass is 10.1. The van der Waals surface area contributed by atoms with Crippen molar-refractivity contribution in [2.24, 2.45) is 0 Å². The fraction of sp³-hybridized carbons (Fsp3) is 0.455. The average Bonchev–Trinajstić information content (AvgIpc) is 3.26. The summed E-state index contributed by atoms with van der Waals surface area (Å²) in [6.45, 7) is 10.3. The summed E-state index contributed by atoms with van der Waals surface area (Å²) in [6, 6.07) is 6.11. The predicted octanol–water partition coefficient (Wildman–Crippen LogP) is 2.79. The number of piperazine rings is 1. The molecule has 1 aliphatic heterocycles. The van der Waals surface area contributed by atoms with Gasteiger partial charge in [-0.2, -0.15) is 0 Å². The number of rotatable bonds is 7. The van der Waals surface area contributed by atoms with Crippen LogP contribution in [0.3, 0.4) is 0 Å². The van der Waals surface area contributed by atoms with Crippen molar-refractivity contribution in [3.63, 3.8) is 0 Å². The fourth-order valence-corrected chi connectivity index (χ4v) is 4.69. The van der Waals surface area contributed by atoms with E-state index >= 15 is 0 Å². The first-order valence-electron chi connectivity index (χ1n) is 10.7. The zero-order chi connectivity index (χ0) is 21.8. The van der Waals surface area contributed by atoms with E-state index in [9.17, 15) is 4.79 Å². The van der Waals surface area contributed by atoms with Crippen molar-refractivity contribution in [1.29, 1.82) is 0 Å². The second kappa shape index (κ2) is 9.67. The van der Waals surface area contributed by atoms with Gasteiger partial charge in [-0.15, -0.1) is 0 Å². The van der Waals surface area contributed by atoms with Crippen molar-refractivity contribution in [1.82, 2.24) is 24.8 Å². The normalized spacial score (nSPS) is 15.3. The van der Waals surface area contributed by atoms with Gasteiger partial charge < -0.3 is 9.80 Å². The van der Waals surface area contributed by atoms with Crippen molar-refractivity contribution < 1.29 is 4.79 Å². The number of amides is 1. The second-order valence-electron chi connectivity index (χ2n) is 7.77. The molecule has 0 aliphatic carbocycles. The largest absolute Gasteiger partial charge is 0.349 e. The Morgan fingerprint density at radius 2 is 1.90 bits per heavy atom. The number of anilines is 2. The lowest BCUT2D eigenvalue weighted by Gasteiger charge is -2.31. The highest BCUT2D eigenvalue weighted by molar-refractivity contribution is 7.18. The number of thiazole rings is 1. The molecule has 164 valence electrons. The number of fused-ring (bicyclic) bond motifs is 1. The molecule has 4 rings (SSSR count). The van der Waals surface area contributed by atoms with E-state index in [-0.39, 0.29) is 5.91 Å². The van der Waals surface area contributed by atoms with Gasteiger partial charge in [-0.25, -0.2) is 15.0 Å². The molecular formula is C22H29N7OS. The Bertz CT molecular complexity index is 1040. The molecule has 3 aromatic rings. The van der Waals surface area contributed by atoms with Crippen LogP contribution in [0.15, 0.2) is 30.6 Å². The minimum atomic E-state index is -0.0774. The van der Waals surface area contributed by atoms with E-state index in [1.165, 1.54) is 0 Å². The van der Waals surface area contributed by atoms with Crippen LogP contribution in [0.4, 0.5) is 11.1 Å². The van der Waals surface area contributed by atoms with Crippen LogP contribution in [-0.2, 0) is 4.79 Å². The molecule has 0 atom stereocenters. The van der Waals surface area contributed by atoms with Gasteiger partial charge >= 0.3 is 0 Å². The molecule has 1 aliphatic rings. The molecule has 0 spiro atoms. The van der Waals surface area contributed by atoms with Crippen LogP contribution in [0, 0.1) is 0 Å². The first-order valence-corrected chi connectivity index (χ1v) is 11.6. The number of likely N-dealkylation sites (N-methyl/N-ethyl adjacent to an activating group) is 1. The number of hydrogen-bond donors (Lipinski definition) is 1. The third-order valence-electron chi connectivity index (χ3n) is 5.61. The van der Waals surface area contributed by atoms with E-state index in [2.05, 4.69) is 61.9 Å². The minimum Gasteiger partial charge on any atom is -0.349 e. The Morgan fingerprint density at radius 1 is 1.13 bits per heavy atom. The van der Waals surface area contributed by atoms with Crippen LogP contribution in [-0.4, -0.2) is 83.5 Å². The van der Waals surface area contributed by atoms with Gasteiger partial charge in [0.25, 0.3) is 0 Å². The zero-order valence-electron chi connectivity index (χ0n) is 18.3. The molecule has 1 amide bonds. The van der Waals surface area contributed by atoms with Crippen molar-refractivity contribution in [3.05, 3.63) is 30.6 Å². The Kier molecular flexibility index (Phi) is 6.74. The molecule has 8 nitrogen and oxygen atoms in total. The van der Waals surface area contributed by atoms with Crippen molar-refractivity contribution >= 4 is 39.2 Å². The summed E-state index contributed by atoms with van der Waals surface area (Å²) in [4.78, 5) is 33.7. The Hall–Kier alpha value is -2.62. The smallest absolute Gasteiger partial charge is 0.240 e. The van der Waals surface area contributed by atoms with Crippen LogP contribution in [0.1, 0.15) is 13.8 Å². The Labute approximate surface area is 186 Å². The molecule has 9 heteroatoms. The maximum absolute atomic E-state index is 12.5. The highest BCUT2D eigenvalue weighted by Gasteiger charge is 2.17. The van der Waals surface area contributed by atoms with E-state index in [0.29, 0.717) is 12.5 Å². The number of nitrogens with one attached hydrogen (secondary N) is 1. The number of nitrogens with zero attached hydrogens (tertiary/aromatic N) is 6. The molecule has 0 unspecified atom stereocenters. The SMILES string of the molecule is CCN(CC)c1ncc(-c2ccc3cnc(NC(=O)CN4CCN(C)CC4)nc3c2)s1. The number of benzene rings is 1. The topological polar surface area (TPSA) is 77.5 Å². The van der Waals surface area contributed by atoms with Crippen molar-refractivity contribution in [2.45, 2.75) is 13.8 Å². The zero-order valence-corrected chi connectivity index (χ0v) is 19.2. The highest BCUT2D eigenvalue weighted by atomic mass is 32.1. The quantitative estimate of drug-likeness (QED) is 0.606. The van der Waals surface area contributed by atoms with Gasteiger partial charge in [0, 0.05) is 57.0 Å². The third-order valence-corrected chi connectivity index (χ3v) is 6.72. The standard InChI is InChI=1S/C22H29N7OS/c1-4-29(5-2)22-24-14-19(31-22)16-6-7-17-13-23-21(25-18(17)12-16)26-20(30)15-28-10-8-27(3)9-11-28/h6-7,12-14H,4-5,8-11,15H2,1-3H3,(H,23,25,26,30). The van der Waals surface area contributed by atoms with Gasteiger partial charge in [0.15, 0.2) is 5.13 Å². The van der Waals surface area contributed by atoms with E-state index in [4.69, 9.17) is 0 Å². The lowest BCUT2D eigenvalue weighted by molar-refractivity contribution is -0.117. The molecule has 1 saturated heterocycles. The molecule has 1 aromatic carbocycles. The molecule has 1 N–H and O–H groups in total. The molecule has 2 aromatic heterocycles. The summed E-state index contributed by atoms with van der Waals surface area (Å²) >= 11 is 1.68. The van der Waals surface area contributed by atoms with Crippen LogP contribution < -0.4 is 10.2 Å². The molecule has 0 saturated carbocycles. The second-order valence-corrected chi connectivity index (χ2v) is 8.78. The maximum atomic E-state index is 12.5. The molecule has 0 bridgehead atoms. The summed E-state index contributed by atoms with van der Waals surface area (Å²) in [6.07, 6.45) is 3.67. The van der Waals surface area contributed by atoms with Gasteiger partial charge in [0.05, 0.1) is 16.9 Å². The monoisotopic (exact) mass is 439 g/mol. The van der Waals surface area contributed by atoms with E-state index in [1.54, 1.807) is 17.5 Å². The van der Waals surface area contributed by atoms with Crippen LogP contribution in [0.25, 0.3) is 21.3 Å². The van der Waals surface area contributed by atoms with Crippen molar-refractivity contribution in [3.8, 4) is 10.4 Å². The van der Waals surface area contributed by atoms with Crippen LogP contribution in [0.2, 0.25) is 0 Å². The van der Waals surface area contributed by atoms with Gasteiger partial charge in [-0.05, 0) is 32.5 Å². The Morgan fingerprint density at radius 3 is 2.65 bits per heavy atom. The predicted molar refractivity (Wildman–Crippen MR) is 127 cm³/mol. The van der Waals surface area contributed by atoms with Gasteiger partial charge in [0.1, 0.15) is 0 Å². The molecular weight excluding hydrogens is 410 g/mol. The lowest BCUT2D eigenvalue weighted by Crippen LogP contribution is -2.47. The number of carbonyl (C=O) groups excluding carboxylic acids is 1. The summed E-state index contributed by atoms with van der Waals surface area (Å²) in [5.41, 5.74) is 1.87. The summed E-state index contributed by atoms with van der Waals surface area (Å²) in [5.74, 6) is 0.267. The van der Waals surface area contributed by atoms with E-state index < -0.39 is 0 Å². The van der Waals surface area contributed by atoms with E-state index in [1.807, 2.05) is 18.3 Å².